The third-order valence-corrected chi connectivity index (χ3v) is 6.11. The van der Waals surface area contributed by atoms with Gasteiger partial charge < -0.3 is 10.2 Å². The second kappa shape index (κ2) is 8.27. The van der Waals surface area contributed by atoms with Gasteiger partial charge in [-0.3, -0.25) is 14.6 Å². The van der Waals surface area contributed by atoms with Crippen LogP contribution in [-0.4, -0.2) is 39.7 Å². The van der Waals surface area contributed by atoms with E-state index in [1.807, 2.05) is 0 Å². The molecule has 4 rings (SSSR count). The van der Waals surface area contributed by atoms with E-state index in [9.17, 15) is 31.2 Å². The van der Waals surface area contributed by atoms with E-state index in [-0.39, 0.29) is 24.7 Å². The molecule has 0 aliphatic carbocycles. The van der Waals surface area contributed by atoms with Crippen molar-refractivity contribution in [1.82, 2.24) is 24.5 Å². The van der Waals surface area contributed by atoms with E-state index in [4.69, 9.17) is 0 Å². The predicted molar refractivity (Wildman–Crippen MR) is 115 cm³/mol. The Bertz CT molecular complexity index is 1390. The molecule has 0 fully saturated rings. The molecule has 1 amide bonds. The van der Waals surface area contributed by atoms with Crippen LogP contribution in [0.1, 0.15) is 45.8 Å². The van der Waals surface area contributed by atoms with Gasteiger partial charge in [-0.25, -0.2) is 13.4 Å². The molecule has 0 spiro atoms. The number of nitrogens with zero attached hydrogens (tertiary/aromatic N) is 4. The van der Waals surface area contributed by atoms with Gasteiger partial charge in [0.2, 0.25) is 5.95 Å². The lowest BCUT2D eigenvalue weighted by molar-refractivity contribution is -0.137. The molecule has 1 atom stereocenters. The maximum atomic E-state index is 12.7. The minimum Gasteiger partial charge on any atom is -0.344 e. The highest BCUT2D eigenvalue weighted by molar-refractivity contribution is 7.89. The second-order valence-corrected chi connectivity index (χ2v) is 9.70. The van der Waals surface area contributed by atoms with Crippen LogP contribution in [0.5, 0.6) is 0 Å². The lowest BCUT2D eigenvalue weighted by Crippen LogP contribution is -2.30. The molecule has 0 radical (unpaired) electrons. The van der Waals surface area contributed by atoms with E-state index < -0.39 is 39.3 Å². The Kier molecular flexibility index (Phi) is 5.71. The molecule has 1 unspecified atom stereocenters. The third-order valence-electron chi connectivity index (χ3n) is 5.24. The van der Waals surface area contributed by atoms with Crippen LogP contribution in [0.2, 0.25) is 0 Å². The Morgan fingerprint density at radius 1 is 1.21 bits per heavy atom. The van der Waals surface area contributed by atoms with Crippen molar-refractivity contribution in [3.8, 4) is 0 Å². The highest BCUT2D eigenvalue weighted by Gasteiger charge is 2.30. The number of H-pyrrole nitrogens is 1. The van der Waals surface area contributed by atoms with Crippen LogP contribution >= 0.6 is 0 Å². The quantitative estimate of drug-likeness (QED) is 0.551. The molecule has 2 aromatic heterocycles. The molecule has 0 bridgehead atoms. The van der Waals surface area contributed by atoms with Crippen molar-refractivity contribution in [3.63, 3.8) is 0 Å². The highest BCUT2D eigenvalue weighted by atomic mass is 32.2. The van der Waals surface area contributed by atoms with Gasteiger partial charge in [-0.05, 0) is 24.6 Å². The zero-order valence-electron chi connectivity index (χ0n) is 17.9. The van der Waals surface area contributed by atoms with E-state index in [2.05, 4.69) is 20.4 Å². The fourth-order valence-electron chi connectivity index (χ4n) is 3.47. The summed E-state index contributed by atoms with van der Waals surface area (Å²) >= 11 is 0. The van der Waals surface area contributed by atoms with Crippen LogP contribution in [-0.2, 0) is 29.3 Å². The topological polar surface area (TPSA) is 130 Å². The Morgan fingerprint density at radius 2 is 1.88 bits per heavy atom. The van der Waals surface area contributed by atoms with Gasteiger partial charge in [0, 0.05) is 24.4 Å². The summed E-state index contributed by atoms with van der Waals surface area (Å²) in [6.45, 7) is 1.99. The van der Waals surface area contributed by atoms with Crippen molar-refractivity contribution in [2.75, 3.05) is 11.2 Å². The zero-order valence-corrected chi connectivity index (χ0v) is 18.7. The number of hydrogen-bond acceptors (Lipinski definition) is 7. The first-order chi connectivity index (χ1) is 15.8. The summed E-state index contributed by atoms with van der Waals surface area (Å²) < 4.78 is 62.4. The number of alkyl halides is 3. The fourth-order valence-corrected chi connectivity index (χ4v) is 4.04. The molecule has 1 aliphatic heterocycles. The fraction of sp³-hybridized carbons (Fsp3) is 0.300. The second-order valence-electron chi connectivity index (χ2n) is 7.86. The van der Waals surface area contributed by atoms with Crippen molar-refractivity contribution in [3.05, 3.63) is 75.0 Å². The number of halogens is 3. The van der Waals surface area contributed by atoms with Crippen molar-refractivity contribution in [2.24, 2.45) is 0 Å². The van der Waals surface area contributed by atoms with Crippen LogP contribution in [0.4, 0.5) is 19.1 Å². The summed E-state index contributed by atoms with van der Waals surface area (Å²) in [7, 11) is -3.53. The third kappa shape index (κ3) is 4.81. The molecule has 10 nitrogen and oxygen atoms in total. The summed E-state index contributed by atoms with van der Waals surface area (Å²) in [6.07, 6.45) is -2.06. The van der Waals surface area contributed by atoms with Gasteiger partial charge >= 0.3 is 6.18 Å². The summed E-state index contributed by atoms with van der Waals surface area (Å²) in [4.78, 5) is 33.2. The normalized spacial score (nSPS) is 14.7. The number of aromatic amines is 1. The van der Waals surface area contributed by atoms with E-state index in [0.717, 1.165) is 28.5 Å². The lowest BCUT2D eigenvalue weighted by atomic mass is 10.1. The molecule has 3 heterocycles. The molecule has 0 saturated carbocycles. The van der Waals surface area contributed by atoms with E-state index in [0.29, 0.717) is 16.8 Å². The minimum absolute atomic E-state index is 0.101. The first-order valence-electron chi connectivity index (χ1n) is 9.93. The number of carbonyl (C=O) groups is 1. The van der Waals surface area contributed by atoms with Gasteiger partial charge in [-0.15, -0.1) is 0 Å². The van der Waals surface area contributed by atoms with Gasteiger partial charge in [0.15, 0.2) is 0 Å². The van der Waals surface area contributed by atoms with Gasteiger partial charge in [0.1, 0.15) is 5.69 Å². The van der Waals surface area contributed by atoms with Gasteiger partial charge in [-0.1, -0.05) is 12.1 Å². The number of anilines is 1. The molecular formula is C20H19F3N6O4S. The summed E-state index contributed by atoms with van der Waals surface area (Å²) in [5, 5.41) is 6.65. The van der Waals surface area contributed by atoms with Gasteiger partial charge in [-0.2, -0.15) is 22.4 Å². The highest BCUT2D eigenvalue weighted by Crippen LogP contribution is 2.30. The maximum Gasteiger partial charge on any atom is 0.416 e. The Hall–Kier alpha value is -3.68. The smallest absolute Gasteiger partial charge is 0.344 e. The first-order valence-corrected chi connectivity index (χ1v) is 11.8. The van der Waals surface area contributed by atoms with E-state index in [1.165, 1.54) is 18.3 Å². The SMILES string of the molecule is CC(NC(=O)c1cc(=O)[nH]c(N2Cc3cn(S(C)(=O)=O)nc3C2)n1)c1ccc(C(F)(F)F)cc1. The summed E-state index contributed by atoms with van der Waals surface area (Å²) in [6, 6.07) is 4.75. The number of benzene rings is 1. The lowest BCUT2D eigenvalue weighted by Gasteiger charge is -2.18. The van der Waals surface area contributed by atoms with Crippen molar-refractivity contribution >= 4 is 21.9 Å². The van der Waals surface area contributed by atoms with E-state index in [1.54, 1.807) is 11.8 Å². The van der Waals surface area contributed by atoms with Gasteiger partial charge in [0.25, 0.3) is 21.5 Å². The molecule has 1 aromatic carbocycles. The van der Waals surface area contributed by atoms with Crippen molar-refractivity contribution in [1.29, 1.82) is 0 Å². The number of nitrogens with one attached hydrogen (secondary N) is 2. The molecule has 14 heteroatoms. The summed E-state index contributed by atoms with van der Waals surface area (Å²) in [5.74, 6) is -0.581. The van der Waals surface area contributed by atoms with E-state index >= 15 is 0 Å². The molecule has 1 aliphatic rings. The monoisotopic (exact) mass is 496 g/mol. The standard InChI is InChI=1S/C20H19F3N6O4S/c1-11(12-3-5-14(6-4-12)20(21,22)23)24-18(31)15-7-17(30)26-19(25-15)28-8-13-9-29(34(2,32)33)27-16(13)10-28/h3-7,9,11H,8,10H2,1-2H3,(H,24,31)(H,25,26,30). The molecule has 34 heavy (non-hydrogen) atoms. The molecule has 2 N–H and O–H groups in total. The van der Waals surface area contributed by atoms with Gasteiger partial charge in [0.05, 0.1) is 30.1 Å². The molecule has 0 saturated heterocycles. The number of carbonyl (C=O) groups excluding carboxylic acids is 1. The minimum atomic E-state index is -4.46. The van der Waals surface area contributed by atoms with Crippen molar-refractivity contribution in [2.45, 2.75) is 32.2 Å². The van der Waals surface area contributed by atoms with Crippen LogP contribution in [0.3, 0.4) is 0 Å². The number of amides is 1. The average molecular weight is 496 g/mol. The molecule has 3 aromatic rings. The predicted octanol–water partition coefficient (Wildman–Crippen LogP) is 1.80. The van der Waals surface area contributed by atoms with Crippen LogP contribution in [0, 0.1) is 0 Å². The largest absolute Gasteiger partial charge is 0.416 e. The van der Waals surface area contributed by atoms with Crippen LogP contribution < -0.4 is 15.8 Å². The maximum absolute atomic E-state index is 12.7. The van der Waals surface area contributed by atoms with Crippen LogP contribution in [0.25, 0.3) is 0 Å². The Balaban J connectivity index is 1.49. The number of fused-ring (bicyclic) bond motifs is 1. The Labute approximate surface area is 191 Å². The average Bonchev–Trinajstić information content (AvgIpc) is 3.32. The zero-order chi connectivity index (χ0) is 24.8. The Morgan fingerprint density at radius 3 is 2.47 bits per heavy atom. The van der Waals surface area contributed by atoms with Crippen molar-refractivity contribution < 1.29 is 26.4 Å². The first kappa shape index (κ1) is 23.5. The summed E-state index contributed by atoms with van der Waals surface area (Å²) in [5.41, 5.74) is 0.0219. The van der Waals surface area contributed by atoms with Crippen LogP contribution in [0.15, 0.2) is 41.3 Å². The number of hydrogen-bond donors (Lipinski definition) is 2. The molecular weight excluding hydrogens is 477 g/mol. The molecule has 180 valence electrons. The number of rotatable bonds is 5. The number of aromatic nitrogens is 4.